The number of nitrogens with zero attached hydrogens (tertiary/aromatic N) is 5. The molecule has 32 heavy (non-hydrogen) atoms. The van der Waals surface area contributed by atoms with Crippen molar-refractivity contribution in [3.8, 4) is 11.3 Å². The maximum absolute atomic E-state index is 13.3. The van der Waals surface area contributed by atoms with Crippen LogP contribution in [0.15, 0.2) is 83.5 Å². The van der Waals surface area contributed by atoms with Crippen molar-refractivity contribution in [1.29, 1.82) is 0 Å². The predicted octanol–water partition coefficient (Wildman–Crippen LogP) is 6.04. The second-order valence-electron chi connectivity index (χ2n) is 7.74. The van der Waals surface area contributed by atoms with E-state index in [9.17, 15) is 4.39 Å². The zero-order valence-corrected chi connectivity index (χ0v) is 18.6. The van der Waals surface area contributed by atoms with Crippen LogP contribution in [0.25, 0.3) is 11.3 Å². The van der Waals surface area contributed by atoms with Crippen molar-refractivity contribution in [1.82, 2.24) is 15.0 Å². The van der Waals surface area contributed by atoms with Crippen molar-refractivity contribution in [3.63, 3.8) is 0 Å². The Balaban J connectivity index is 1.54. The number of aromatic nitrogens is 3. The summed E-state index contributed by atoms with van der Waals surface area (Å²) in [5.41, 5.74) is 7.03. The van der Waals surface area contributed by atoms with Crippen molar-refractivity contribution in [2.75, 3.05) is 4.90 Å². The molecule has 0 radical (unpaired) electrons. The minimum atomic E-state index is -0.431. The molecular formula is C26H26FN5. The van der Waals surface area contributed by atoms with Gasteiger partial charge in [0.1, 0.15) is 12.2 Å². The fourth-order valence-electron chi connectivity index (χ4n) is 3.88. The molecule has 0 unspecified atom stereocenters. The highest BCUT2D eigenvalue weighted by Crippen LogP contribution is 2.33. The molecule has 0 amide bonds. The number of halogens is 1. The lowest BCUT2D eigenvalue weighted by atomic mass is 10.0. The molecular weight excluding hydrogens is 401 g/mol. The molecule has 0 spiro atoms. The van der Waals surface area contributed by atoms with Crippen molar-refractivity contribution < 1.29 is 4.39 Å². The summed E-state index contributed by atoms with van der Waals surface area (Å²) in [5, 5.41) is 0. The van der Waals surface area contributed by atoms with Gasteiger partial charge in [-0.05, 0) is 75.9 Å². The standard InChI is InChI=1S/C26H26FN5/c1-4-23-16-22(9-5-7-21-8-6-10-26(27)31-21)30-19(3)32(23)25-15-20(12-11-18(25)2)24-13-14-28-17-29-24/h4,6,8,10-17H,5,7,9H2,1-3H3. The molecule has 1 aliphatic heterocycles. The van der Waals surface area contributed by atoms with Gasteiger partial charge in [0.15, 0.2) is 0 Å². The molecule has 0 aliphatic carbocycles. The van der Waals surface area contributed by atoms with E-state index in [4.69, 9.17) is 4.99 Å². The topological polar surface area (TPSA) is 54.3 Å². The Morgan fingerprint density at radius 3 is 2.69 bits per heavy atom. The monoisotopic (exact) mass is 427 g/mol. The number of aryl methyl sites for hydroxylation is 2. The first kappa shape index (κ1) is 21.6. The van der Waals surface area contributed by atoms with E-state index in [-0.39, 0.29) is 0 Å². The van der Waals surface area contributed by atoms with Gasteiger partial charge in [-0.2, -0.15) is 4.39 Å². The molecule has 3 aromatic rings. The van der Waals surface area contributed by atoms with E-state index in [1.807, 2.05) is 26.0 Å². The van der Waals surface area contributed by atoms with Crippen LogP contribution in [0.2, 0.25) is 0 Å². The smallest absolute Gasteiger partial charge is 0.213 e. The third kappa shape index (κ3) is 4.80. The molecule has 6 heteroatoms. The molecule has 0 saturated carbocycles. The number of aliphatic imine (C=N–C) groups is 1. The SMILES string of the molecule is CC=C1C=C(CCCc2cccc(F)n2)N=C(C)N1c1cc(-c2ccncn2)ccc1C. The summed E-state index contributed by atoms with van der Waals surface area (Å²) in [7, 11) is 0. The van der Waals surface area contributed by atoms with E-state index in [0.717, 1.165) is 64.7 Å². The molecule has 0 bridgehead atoms. The third-order valence-electron chi connectivity index (χ3n) is 5.46. The summed E-state index contributed by atoms with van der Waals surface area (Å²) in [6.45, 7) is 6.17. The maximum atomic E-state index is 13.3. The number of rotatable bonds is 6. The Kier molecular flexibility index (Phi) is 6.50. The van der Waals surface area contributed by atoms with E-state index >= 15 is 0 Å². The zero-order valence-electron chi connectivity index (χ0n) is 18.6. The summed E-state index contributed by atoms with van der Waals surface area (Å²) in [6.07, 6.45) is 9.93. The van der Waals surface area contributed by atoms with E-state index in [1.165, 1.54) is 6.07 Å². The quantitative estimate of drug-likeness (QED) is 0.450. The summed E-state index contributed by atoms with van der Waals surface area (Å²) in [4.78, 5) is 19.4. The molecule has 0 atom stereocenters. The van der Waals surface area contributed by atoms with Gasteiger partial charge in [-0.3, -0.25) is 4.90 Å². The van der Waals surface area contributed by atoms with Crippen LogP contribution >= 0.6 is 0 Å². The van der Waals surface area contributed by atoms with E-state index in [1.54, 1.807) is 18.6 Å². The van der Waals surface area contributed by atoms with E-state index < -0.39 is 5.95 Å². The largest absolute Gasteiger partial charge is 0.299 e. The van der Waals surface area contributed by atoms with Crippen molar-refractivity contribution in [2.45, 2.75) is 40.0 Å². The van der Waals surface area contributed by atoms with E-state index in [0.29, 0.717) is 0 Å². The molecule has 3 heterocycles. The average Bonchev–Trinajstić information content (AvgIpc) is 2.80. The van der Waals surface area contributed by atoms with E-state index in [2.05, 4.69) is 57.1 Å². The highest BCUT2D eigenvalue weighted by atomic mass is 19.1. The molecule has 1 aliphatic rings. The molecule has 5 nitrogen and oxygen atoms in total. The lowest BCUT2D eigenvalue weighted by Gasteiger charge is -2.31. The zero-order chi connectivity index (χ0) is 22.5. The van der Waals surface area contributed by atoms with Crippen LogP contribution in [0.5, 0.6) is 0 Å². The number of allylic oxidation sites excluding steroid dienone is 3. The highest BCUT2D eigenvalue weighted by Gasteiger charge is 2.21. The Hall–Kier alpha value is -3.67. The van der Waals surface area contributed by atoms with Gasteiger partial charge in [-0.1, -0.05) is 24.3 Å². The lowest BCUT2D eigenvalue weighted by molar-refractivity contribution is 0.574. The van der Waals surface area contributed by atoms with Gasteiger partial charge < -0.3 is 0 Å². The van der Waals surface area contributed by atoms with Crippen LogP contribution in [0.4, 0.5) is 10.1 Å². The van der Waals surface area contributed by atoms with Crippen molar-refractivity contribution in [2.24, 2.45) is 4.99 Å². The molecule has 162 valence electrons. The van der Waals surface area contributed by atoms with Crippen molar-refractivity contribution >= 4 is 11.5 Å². The summed E-state index contributed by atoms with van der Waals surface area (Å²) < 4.78 is 13.3. The molecule has 2 aromatic heterocycles. The Morgan fingerprint density at radius 2 is 1.94 bits per heavy atom. The lowest BCUT2D eigenvalue weighted by Crippen LogP contribution is -2.30. The van der Waals surface area contributed by atoms with Gasteiger partial charge >= 0.3 is 0 Å². The minimum absolute atomic E-state index is 0.431. The molecule has 0 fully saturated rings. The van der Waals surface area contributed by atoms with Crippen LogP contribution in [0.3, 0.4) is 0 Å². The molecule has 4 rings (SSSR count). The van der Waals surface area contributed by atoms with Gasteiger partial charge in [-0.25, -0.2) is 19.9 Å². The number of anilines is 1. The van der Waals surface area contributed by atoms with Crippen LogP contribution in [-0.2, 0) is 6.42 Å². The van der Waals surface area contributed by atoms with Crippen LogP contribution in [-0.4, -0.2) is 20.8 Å². The van der Waals surface area contributed by atoms with Gasteiger partial charge in [-0.15, -0.1) is 0 Å². The van der Waals surface area contributed by atoms with Gasteiger partial charge in [0, 0.05) is 28.8 Å². The summed E-state index contributed by atoms with van der Waals surface area (Å²) >= 11 is 0. The molecule has 0 saturated heterocycles. The fraction of sp³-hybridized carbons (Fsp3) is 0.231. The Bertz CT molecular complexity index is 1200. The normalized spacial score (nSPS) is 15.0. The molecule has 1 aromatic carbocycles. The first-order chi connectivity index (χ1) is 15.5. The first-order valence-electron chi connectivity index (χ1n) is 10.8. The maximum Gasteiger partial charge on any atom is 0.213 e. The fourth-order valence-corrected chi connectivity index (χ4v) is 3.88. The number of hydrogen-bond acceptors (Lipinski definition) is 5. The van der Waals surface area contributed by atoms with Crippen LogP contribution in [0.1, 0.15) is 37.9 Å². The van der Waals surface area contributed by atoms with Gasteiger partial charge in [0.25, 0.3) is 0 Å². The number of pyridine rings is 1. The number of benzene rings is 1. The molecule has 0 N–H and O–H groups in total. The summed E-state index contributed by atoms with van der Waals surface area (Å²) in [6, 6.07) is 13.2. The Labute approximate surface area is 188 Å². The number of hydrogen-bond donors (Lipinski definition) is 0. The van der Waals surface area contributed by atoms with Crippen LogP contribution in [0, 0.1) is 12.9 Å². The minimum Gasteiger partial charge on any atom is -0.299 e. The van der Waals surface area contributed by atoms with Crippen LogP contribution < -0.4 is 4.90 Å². The summed E-state index contributed by atoms with van der Waals surface area (Å²) in [5.74, 6) is 0.488. The predicted molar refractivity (Wildman–Crippen MR) is 127 cm³/mol. The Morgan fingerprint density at radius 1 is 1.06 bits per heavy atom. The van der Waals surface area contributed by atoms with Gasteiger partial charge in [0.05, 0.1) is 11.4 Å². The number of amidine groups is 1. The first-order valence-corrected chi connectivity index (χ1v) is 10.8. The highest BCUT2D eigenvalue weighted by molar-refractivity contribution is 6.02. The second-order valence-corrected chi connectivity index (χ2v) is 7.74. The van der Waals surface area contributed by atoms with Crippen molar-refractivity contribution in [3.05, 3.63) is 95.7 Å². The van der Waals surface area contributed by atoms with Gasteiger partial charge in [0.2, 0.25) is 5.95 Å². The average molecular weight is 428 g/mol. The second kappa shape index (κ2) is 9.64. The third-order valence-corrected chi connectivity index (χ3v) is 5.46.